The standard InChI is InChI=1S/C19H20N3O3S/c23-19(16-8-4-9-17(12-16)22(24)25)14-20-10-5-11-26-18(20)21(19)13-15-6-2-1-3-7-15/h1-4,6-9,12,23H,5,10-11,13-14H2/q+1. The Kier molecular flexibility index (Phi) is 4.42. The molecule has 2 aromatic rings. The van der Waals surface area contributed by atoms with Crippen LogP contribution in [-0.4, -0.2) is 43.5 Å². The number of hydrogen-bond donors (Lipinski definition) is 1. The minimum atomic E-state index is -1.28. The van der Waals surface area contributed by atoms with Crippen molar-refractivity contribution in [2.75, 3.05) is 18.8 Å². The van der Waals surface area contributed by atoms with Crippen molar-refractivity contribution in [3.63, 3.8) is 0 Å². The molecular formula is C19H20N3O3S+. The Hall–Kier alpha value is -2.38. The van der Waals surface area contributed by atoms with E-state index in [1.54, 1.807) is 23.9 Å². The lowest BCUT2D eigenvalue weighted by Crippen LogP contribution is -2.45. The molecule has 2 aliphatic heterocycles. The molecule has 2 heterocycles. The molecule has 6 nitrogen and oxygen atoms in total. The fourth-order valence-electron chi connectivity index (χ4n) is 3.59. The van der Waals surface area contributed by atoms with E-state index in [-0.39, 0.29) is 5.69 Å². The topological polar surface area (TPSA) is 69.6 Å². The van der Waals surface area contributed by atoms with Gasteiger partial charge in [0.2, 0.25) is 0 Å². The lowest BCUT2D eigenvalue weighted by atomic mass is 10.0. The Balaban J connectivity index is 1.76. The number of nitro groups is 1. The summed E-state index contributed by atoms with van der Waals surface area (Å²) in [6, 6.07) is 16.4. The summed E-state index contributed by atoms with van der Waals surface area (Å²) < 4.78 is 2.19. The zero-order valence-electron chi connectivity index (χ0n) is 14.2. The van der Waals surface area contributed by atoms with Gasteiger partial charge in [0.25, 0.3) is 11.4 Å². The molecule has 0 amide bonds. The first kappa shape index (κ1) is 17.1. The minimum absolute atomic E-state index is 0.00175. The van der Waals surface area contributed by atoms with Gasteiger partial charge in [0.1, 0.15) is 6.54 Å². The van der Waals surface area contributed by atoms with Crippen LogP contribution in [-0.2, 0) is 12.3 Å². The average Bonchev–Trinajstić information content (AvgIpc) is 2.96. The van der Waals surface area contributed by atoms with Crippen LogP contribution in [0.1, 0.15) is 17.5 Å². The van der Waals surface area contributed by atoms with E-state index in [9.17, 15) is 15.2 Å². The van der Waals surface area contributed by atoms with Crippen LogP contribution in [0.2, 0.25) is 0 Å². The predicted octanol–water partition coefficient (Wildman–Crippen LogP) is 2.76. The molecule has 7 heteroatoms. The molecule has 0 aliphatic carbocycles. The normalized spacial score (nSPS) is 22.4. The summed E-state index contributed by atoms with van der Waals surface area (Å²) in [5.41, 5.74) is 0.370. The average molecular weight is 370 g/mol. The third-order valence-electron chi connectivity index (χ3n) is 4.87. The van der Waals surface area contributed by atoms with Crippen LogP contribution in [0.4, 0.5) is 5.69 Å². The number of rotatable bonds is 4. The summed E-state index contributed by atoms with van der Waals surface area (Å²) in [6.45, 7) is 1.87. The summed E-state index contributed by atoms with van der Waals surface area (Å²) in [4.78, 5) is 12.8. The molecular weight excluding hydrogens is 350 g/mol. The molecule has 4 rings (SSSR count). The van der Waals surface area contributed by atoms with Crippen LogP contribution in [0.25, 0.3) is 0 Å². The van der Waals surface area contributed by atoms with Gasteiger partial charge in [0.05, 0.1) is 11.5 Å². The van der Waals surface area contributed by atoms with E-state index < -0.39 is 10.6 Å². The highest BCUT2D eigenvalue weighted by molar-refractivity contribution is 8.13. The Labute approximate surface area is 155 Å². The molecule has 0 radical (unpaired) electrons. The summed E-state index contributed by atoms with van der Waals surface area (Å²) >= 11 is 1.74. The molecule has 134 valence electrons. The molecule has 0 bridgehead atoms. The number of non-ortho nitro benzene ring substituents is 1. The van der Waals surface area contributed by atoms with Crippen molar-refractivity contribution >= 4 is 22.6 Å². The fourth-order valence-corrected chi connectivity index (χ4v) is 4.76. The molecule has 1 N–H and O–H groups in total. The van der Waals surface area contributed by atoms with Gasteiger partial charge in [0, 0.05) is 23.4 Å². The van der Waals surface area contributed by atoms with Crippen LogP contribution < -0.4 is 0 Å². The van der Waals surface area contributed by atoms with Crippen molar-refractivity contribution < 1.29 is 14.6 Å². The third-order valence-corrected chi connectivity index (χ3v) is 6.10. The van der Waals surface area contributed by atoms with Crippen LogP contribution in [0.3, 0.4) is 0 Å². The number of nitro benzene ring substituents is 1. The van der Waals surface area contributed by atoms with Gasteiger partial charge in [-0.1, -0.05) is 42.5 Å². The van der Waals surface area contributed by atoms with Gasteiger partial charge in [-0.25, -0.2) is 9.48 Å². The number of thioether (sulfide) groups is 1. The van der Waals surface area contributed by atoms with E-state index in [1.165, 1.54) is 12.1 Å². The first-order chi connectivity index (χ1) is 12.6. The molecule has 1 atom stereocenters. The largest absolute Gasteiger partial charge is 0.346 e. The van der Waals surface area contributed by atoms with Gasteiger partial charge in [-0.2, -0.15) is 0 Å². The Morgan fingerprint density at radius 1 is 1.23 bits per heavy atom. The van der Waals surface area contributed by atoms with Crippen molar-refractivity contribution in [1.29, 1.82) is 0 Å². The second-order valence-corrected chi connectivity index (χ2v) is 7.66. The molecule has 26 heavy (non-hydrogen) atoms. The maximum absolute atomic E-state index is 11.6. The molecule has 1 unspecified atom stereocenters. The quantitative estimate of drug-likeness (QED) is 0.509. The van der Waals surface area contributed by atoms with Crippen LogP contribution in [0.5, 0.6) is 0 Å². The van der Waals surface area contributed by atoms with E-state index in [0.29, 0.717) is 18.7 Å². The van der Waals surface area contributed by atoms with Gasteiger partial charge in [-0.15, -0.1) is 0 Å². The van der Waals surface area contributed by atoms with Gasteiger partial charge in [-0.05, 0) is 23.7 Å². The molecule has 0 aromatic heterocycles. The molecule has 0 saturated heterocycles. The summed E-state index contributed by atoms with van der Waals surface area (Å²) in [5, 5.41) is 23.9. The molecule has 0 saturated carbocycles. The van der Waals surface area contributed by atoms with Crippen molar-refractivity contribution in [3.8, 4) is 0 Å². The summed E-state index contributed by atoms with van der Waals surface area (Å²) in [7, 11) is 0. The maximum Gasteiger partial charge on any atom is 0.311 e. The van der Waals surface area contributed by atoms with Crippen LogP contribution in [0.15, 0.2) is 54.6 Å². The SMILES string of the molecule is O=[N+]([O-])c1cccc(C2(O)C[N+]3=C(SCCC3)N2Cc2ccccc2)c1. The molecule has 0 spiro atoms. The molecule has 2 aliphatic rings. The monoisotopic (exact) mass is 370 g/mol. The first-order valence-corrected chi connectivity index (χ1v) is 9.60. The maximum atomic E-state index is 11.6. The number of hydrogen-bond acceptors (Lipinski definition) is 5. The highest BCUT2D eigenvalue weighted by Gasteiger charge is 2.54. The van der Waals surface area contributed by atoms with E-state index in [4.69, 9.17) is 0 Å². The Bertz CT molecular complexity index is 871. The van der Waals surface area contributed by atoms with Gasteiger partial charge >= 0.3 is 5.17 Å². The first-order valence-electron chi connectivity index (χ1n) is 8.61. The van der Waals surface area contributed by atoms with Gasteiger partial charge in [-0.3, -0.25) is 10.1 Å². The highest BCUT2D eigenvalue weighted by Crippen LogP contribution is 2.38. The molecule has 2 aromatic carbocycles. The lowest BCUT2D eigenvalue weighted by molar-refractivity contribution is -0.532. The van der Waals surface area contributed by atoms with Crippen molar-refractivity contribution in [1.82, 2.24) is 4.90 Å². The second-order valence-electron chi connectivity index (χ2n) is 6.60. The molecule has 0 fully saturated rings. The Morgan fingerprint density at radius 2 is 2.04 bits per heavy atom. The zero-order valence-corrected chi connectivity index (χ0v) is 15.1. The number of aliphatic hydroxyl groups is 1. The zero-order chi connectivity index (χ0) is 18.1. The van der Waals surface area contributed by atoms with Crippen LogP contribution in [0, 0.1) is 10.1 Å². The summed E-state index contributed by atoms with van der Waals surface area (Å²) in [5.74, 6) is 1.02. The van der Waals surface area contributed by atoms with E-state index in [1.807, 2.05) is 35.2 Å². The van der Waals surface area contributed by atoms with Gasteiger partial charge in [0.15, 0.2) is 6.54 Å². The van der Waals surface area contributed by atoms with Crippen molar-refractivity contribution in [2.45, 2.75) is 18.7 Å². The number of amidine groups is 1. The van der Waals surface area contributed by atoms with E-state index >= 15 is 0 Å². The van der Waals surface area contributed by atoms with Crippen molar-refractivity contribution in [3.05, 3.63) is 75.8 Å². The number of nitrogens with zero attached hydrogens (tertiary/aromatic N) is 3. The highest BCUT2D eigenvalue weighted by atomic mass is 32.2. The Morgan fingerprint density at radius 3 is 2.81 bits per heavy atom. The second kappa shape index (κ2) is 6.74. The van der Waals surface area contributed by atoms with Gasteiger partial charge < -0.3 is 5.11 Å². The van der Waals surface area contributed by atoms with E-state index in [0.717, 1.165) is 29.4 Å². The lowest BCUT2D eigenvalue weighted by Gasteiger charge is -2.28. The van der Waals surface area contributed by atoms with Crippen LogP contribution >= 0.6 is 11.8 Å². The third kappa shape index (κ3) is 2.97. The smallest absolute Gasteiger partial charge is 0.311 e. The predicted molar refractivity (Wildman–Crippen MR) is 101 cm³/mol. The minimum Gasteiger partial charge on any atom is -0.346 e. The van der Waals surface area contributed by atoms with Crippen molar-refractivity contribution in [2.24, 2.45) is 0 Å². The number of benzene rings is 2. The van der Waals surface area contributed by atoms with E-state index in [2.05, 4.69) is 4.58 Å². The summed E-state index contributed by atoms with van der Waals surface area (Å²) in [6.07, 6.45) is 1.07. The fraction of sp³-hybridized carbons (Fsp3) is 0.316.